The minimum Gasteiger partial charge on any atom is -0.337 e. The maximum atomic E-state index is 12.9. The van der Waals surface area contributed by atoms with Gasteiger partial charge < -0.3 is 4.57 Å². The topological polar surface area (TPSA) is 136 Å². The van der Waals surface area contributed by atoms with Crippen LogP contribution in [0.1, 0.15) is 12.2 Å². The van der Waals surface area contributed by atoms with Gasteiger partial charge in [-0.15, -0.1) is 0 Å². The lowest BCUT2D eigenvalue weighted by molar-refractivity contribution is -0.384. The summed E-state index contributed by atoms with van der Waals surface area (Å²) in [4.78, 5) is 14.2. The molecule has 13 heteroatoms. The lowest BCUT2D eigenvalue weighted by atomic mass is 10.3. The zero-order chi connectivity index (χ0) is 21.4. The molecular weight excluding hydrogens is 422 g/mol. The Kier molecular flexibility index (Phi) is 5.76. The van der Waals surface area contributed by atoms with E-state index in [9.17, 15) is 26.9 Å². The first kappa shape index (κ1) is 21.4. The van der Waals surface area contributed by atoms with E-state index >= 15 is 0 Å². The number of hydrogen-bond acceptors (Lipinski definition) is 7. The standard InChI is InChI=1S/C16H21N5O6S2/c1-13-17-16(12-18(13)2)29(26,27)20-9-3-8-19(10-11-20)28(24,25)15-6-4-14(5-7-15)21(22)23/h4-7,12H,3,8-11H2,1-2H3. The van der Waals surface area contributed by atoms with Crippen LogP contribution >= 0.6 is 0 Å². The summed E-state index contributed by atoms with van der Waals surface area (Å²) in [6.07, 6.45) is 1.75. The molecule has 1 aliphatic rings. The Morgan fingerprint density at radius 2 is 1.52 bits per heavy atom. The largest absolute Gasteiger partial charge is 0.337 e. The molecule has 0 amide bonds. The molecule has 2 heterocycles. The lowest BCUT2D eigenvalue weighted by Gasteiger charge is -2.21. The average Bonchev–Trinajstić information content (AvgIpc) is 2.88. The van der Waals surface area contributed by atoms with Crippen LogP contribution in [-0.4, -0.2) is 66.1 Å². The van der Waals surface area contributed by atoms with Crippen molar-refractivity contribution in [3.05, 3.63) is 46.4 Å². The number of nitro benzene ring substituents is 1. The molecule has 1 aromatic heterocycles. The van der Waals surface area contributed by atoms with Gasteiger partial charge >= 0.3 is 0 Å². The SMILES string of the molecule is Cc1nc(S(=O)(=O)N2CCCN(S(=O)(=O)c3ccc([N+](=O)[O-])cc3)CC2)cn1C. The molecule has 158 valence electrons. The summed E-state index contributed by atoms with van der Waals surface area (Å²) in [5, 5.41) is 10.7. The number of nitrogens with zero attached hydrogens (tertiary/aromatic N) is 5. The van der Waals surface area contributed by atoms with Gasteiger partial charge in [0.2, 0.25) is 10.0 Å². The molecule has 0 atom stereocenters. The Morgan fingerprint density at radius 1 is 0.966 bits per heavy atom. The molecule has 1 aromatic carbocycles. The van der Waals surface area contributed by atoms with Crippen LogP contribution in [0.5, 0.6) is 0 Å². The second-order valence-corrected chi connectivity index (χ2v) is 10.5. The third-order valence-corrected chi connectivity index (χ3v) is 8.47. The van der Waals surface area contributed by atoms with E-state index in [1.807, 2.05) is 0 Å². The van der Waals surface area contributed by atoms with E-state index in [-0.39, 0.29) is 41.8 Å². The van der Waals surface area contributed by atoms with Crippen molar-refractivity contribution in [2.45, 2.75) is 23.3 Å². The summed E-state index contributed by atoms with van der Waals surface area (Å²) in [5.41, 5.74) is -0.206. The summed E-state index contributed by atoms with van der Waals surface area (Å²) in [5.74, 6) is 0.556. The normalized spacial score (nSPS) is 17.2. The van der Waals surface area contributed by atoms with Crippen LogP contribution < -0.4 is 0 Å². The van der Waals surface area contributed by atoms with Crippen molar-refractivity contribution >= 4 is 25.7 Å². The Labute approximate surface area is 168 Å². The lowest BCUT2D eigenvalue weighted by Crippen LogP contribution is -2.37. The molecule has 0 N–H and O–H groups in total. The summed E-state index contributed by atoms with van der Waals surface area (Å²) < 4.78 is 55.5. The third-order valence-electron chi connectivity index (χ3n) is 4.79. The van der Waals surface area contributed by atoms with Crippen LogP contribution in [0.3, 0.4) is 0 Å². The Morgan fingerprint density at radius 3 is 2.00 bits per heavy atom. The van der Waals surface area contributed by atoms with Gasteiger partial charge in [0.05, 0.1) is 9.82 Å². The predicted octanol–water partition coefficient (Wildman–Crippen LogP) is 0.722. The minimum absolute atomic E-state index is 0.00976. The Hall–Kier alpha value is -2.35. The first-order valence-electron chi connectivity index (χ1n) is 8.78. The number of imidazole rings is 1. The Balaban J connectivity index is 1.79. The van der Waals surface area contributed by atoms with E-state index in [1.54, 1.807) is 18.5 Å². The second kappa shape index (κ2) is 7.82. The van der Waals surface area contributed by atoms with Crippen molar-refractivity contribution in [2.75, 3.05) is 26.2 Å². The Bertz CT molecular complexity index is 1110. The monoisotopic (exact) mass is 443 g/mol. The maximum absolute atomic E-state index is 12.9. The van der Waals surface area contributed by atoms with Gasteiger partial charge in [0.1, 0.15) is 5.82 Å². The highest BCUT2D eigenvalue weighted by atomic mass is 32.2. The molecule has 2 aromatic rings. The van der Waals surface area contributed by atoms with Crippen molar-refractivity contribution in [1.29, 1.82) is 0 Å². The van der Waals surface area contributed by atoms with E-state index in [0.717, 1.165) is 12.1 Å². The molecule has 0 aliphatic carbocycles. The first-order chi connectivity index (χ1) is 13.5. The second-order valence-electron chi connectivity index (χ2n) is 6.65. The molecule has 29 heavy (non-hydrogen) atoms. The van der Waals surface area contributed by atoms with Gasteiger partial charge in [-0.25, -0.2) is 21.8 Å². The summed E-state index contributed by atoms with van der Waals surface area (Å²) >= 11 is 0. The quantitative estimate of drug-likeness (QED) is 0.491. The summed E-state index contributed by atoms with van der Waals surface area (Å²) in [6, 6.07) is 4.63. The van der Waals surface area contributed by atoms with Crippen molar-refractivity contribution < 1.29 is 21.8 Å². The van der Waals surface area contributed by atoms with Crippen LogP contribution in [0.15, 0.2) is 40.4 Å². The highest BCUT2D eigenvalue weighted by Crippen LogP contribution is 2.23. The van der Waals surface area contributed by atoms with Crippen LogP contribution in [0.4, 0.5) is 5.69 Å². The fourth-order valence-electron chi connectivity index (χ4n) is 3.02. The molecule has 1 saturated heterocycles. The number of benzene rings is 1. The van der Waals surface area contributed by atoms with Gasteiger partial charge in [-0.05, 0) is 25.5 Å². The van der Waals surface area contributed by atoms with Crippen LogP contribution in [0.25, 0.3) is 0 Å². The molecule has 0 spiro atoms. The number of aromatic nitrogens is 2. The third kappa shape index (κ3) is 4.17. The number of nitro groups is 1. The van der Waals surface area contributed by atoms with Crippen molar-refractivity contribution in [1.82, 2.24) is 18.2 Å². The van der Waals surface area contributed by atoms with Crippen molar-refractivity contribution in [2.24, 2.45) is 7.05 Å². The van der Waals surface area contributed by atoms with Gasteiger partial charge in [0, 0.05) is 51.6 Å². The van der Waals surface area contributed by atoms with Crippen LogP contribution in [0, 0.1) is 17.0 Å². The zero-order valence-corrected chi connectivity index (χ0v) is 17.6. The smallest absolute Gasteiger partial charge is 0.269 e. The van der Waals surface area contributed by atoms with E-state index in [1.165, 1.54) is 26.9 Å². The minimum atomic E-state index is -3.89. The van der Waals surface area contributed by atoms with Gasteiger partial charge in [-0.3, -0.25) is 10.1 Å². The molecular formula is C16H21N5O6S2. The summed E-state index contributed by atoms with van der Waals surface area (Å²) in [7, 11) is -6.03. The van der Waals surface area contributed by atoms with Crippen molar-refractivity contribution in [3.63, 3.8) is 0 Å². The molecule has 0 bridgehead atoms. The maximum Gasteiger partial charge on any atom is 0.269 e. The molecule has 0 unspecified atom stereocenters. The van der Waals surface area contributed by atoms with Gasteiger partial charge in [-0.2, -0.15) is 8.61 Å². The molecule has 1 fully saturated rings. The van der Waals surface area contributed by atoms with Gasteiger partial charge in [0.25, 0.3) is 15.7 Å². The average molecular weight is 444 g/mol. The zero-order valence-electron chi connectivity index (χ0n) is 15.9. The van der Waals surface area contributed by atoms with E-state index in [4.69, 9.17) is 0 Å². The molecule has 0 radical (unpaired) electrons. The van der Waals surface area contributed by atoms with Gasteiger partial charge in [0.15, 0.2) is 5.03 Å². The summed E-state index contributed by atoms with van der Waals surface area (Å²) in [6.45, 7) is 1.98. The number of rotatable bonds is 5. The fourth-order valence-corrected chi connectivity index (χ4v) is 5.99. The molecule has 1 aliphatic heterocycles. The molecule has 3 rings (SSSR count). The molecule has 0 saturated carbocycles. The number of sulfonamides is 2. The first-order valence-corrected chi connectivity index (χ1v) is 11.7. The van der Waals surface area contributed by atoms with Gasteiger partial charge in [-0.1, -0.05) is 0 Å². The van der Waals surface area contributed by atoms with E-state index < -0.39 is 25.0 Å². The highest BCUT2D eigenvalue weighted by Gasteiger charge is 2.33. The predicted molar refractivity (Wildman–Crippen MR) is 103 cm³/mol. The number of non-ortho nitro benzene ring substituents is 1. The van der Waals surface area contributed by atoms with Crippen molar-refractivity contribution in [3.8, 4) is 0 Å². The number of hydrogen-bond donors (Lipinski definition) is 0. The highest BCUT2D eigenvalue weighted by molar-refractivity contribution is 7.89. The van der Waals surface area contributed by atoms with Crippen LogP contribution in [-0.2, 0) is 27.1 Å². The van der Waals surface area contributed by atoms with E-state index in [0.29, 0.717) is 12.2 Å². The fraction of sp³-hybridized carbons (Fsp3) is 0.438. The van der Waals surface area contributed by atoms with Crippen LogP contribution in [0.2, 0.25) is 0 Å². The molecule has 11 nitrogen and oxygen atoms in total. The van der Waals surface area contributed by atoms with E-state index in [2.05, 4.69) is 4.98 Å². The number of aryl methyl sites for hydroxylation is 2.